The molecule has 17 heavy (non-hydrogen) atoms. The average Bonchev–Trinajstić information content (AvgIpc) is 1.95. The summed E-state index contributed by atoms with van der Waals surface area (Å²) in [4.78, 5) is 0. The van der Waals surface area contributed by atoms with E-state index >= 15 is 0 Å². The SMILES string of the molecule is CC[Si](C)(O[Si](C)(C)C)[Si](C)(C)O[Si](C)(C)C. The van der Waals surface area contributed by atoms with Gasteiger partial charge in [0.2, 0.25) is 0 Å². The summed E-state index contributed by atoms with van der Waals surface area (Å²) < 4.78 is 13.2. The lowest BCUT2D eigenvalue weighted by molar-refractivity contribution is 0.518. The van der Waals surface area contributed by atoms with Gasteiger partial charge in [0, 0.05) is 0 Å². The first kappa shape index (κ1) is 17.8. The van der Waals surface area contributed by atoms with Crippen LogP contribution in [0.2, 0.25) is 65.0 Å². The highest BCUT2D eigenvalue weighted by atomic mass is 29.3. The Balaban J connectivity index is 5.08. The van der Waals surface area contributed by atoms with Crippen molar-refractivity contribution in [1.29, 1.82) is 0 Å². The zero-order valence-corrected chi connectivity index (χ0v) is 17.5. The molecule has 0 saturated carbocycles. The molecule has 104 valence electrons. The molecule has 0 N–H and O–H groups in total. The largest absolute Gasteiger partial charge is 0.456 e. The minimum absolute atomic E-state index is 1.18. The maximum absolute atomic E-state index is 6.62. The Kier molecular flexibility index (Phi) is 5.67. The molecule has 0 aliphatic rings. The zero-order chi connectivity index (χ0) is 14.1. The van der Waals surface area contributed by atoms with E-state index in [4.69, 9.17) is 8.23 Å². The molecule has 0 aromatic carbocycles. The maximum atomic E-state index is 6.62. The first-order valence-electron chi connectivity index (χ1n) is 6.63. The quantitative estimate of drug-likeness (QED) is 0.669. The fraction of sp³-hybridized carbons (Fsp3) is 1.00. The summed E-state index contributed by atoms with van der Waals surface area (Å²) in [5, 5.41) is 0. The zero-order valence-electron chi connectivity index (χ0n) is 13.5. The molecule has 0 spiro atoms. The van der Waals surface area contributed by atoms with Crippen LogP contribution in [0, 0.1) is 0 Å². The summed E-state index contributed by atoms with van der Waals surface area (Å²) >= 11 is 0. The molecular weight excluding hydrogens is 276 g/mol. The van der Waals surface area contributed by atoms with E-state index in [9.17, 15) is 0 Å². The Labute approximate surface area is 112 Å². The molecule has 0 amide bonds. The number of hydrogen-bond acceptors (Lipinski definition) is 2. The highest BCUT2D eigenvalue weighted by molar-refractivity contribution is 7.38. The molecule has 1 atom stereocenters. The lowest BCUT2D eigenvalue weighted by Crippen LogP contribution is -2.66. The van der Waals surface area contributed by atoms with Gasteiger partial charge in [-0.15, -0.1) is 0 Å². The van der Waals surface area contributed by atoms with E-state index in [1.165, 1.54) is 6.04 Å². The monoisotopic (exact) mass is 308 g/mol. The highest BCUT2D eigenvalue weighted by Crippen LogP contribution is 2.31. The van der Waals surface area contributed by atoms with Crippen LogP contribution in [-0.4, -0.2) is 32.3 Å². The summed E-state index contributed by atoms with van der Waals surface area (Å²) in [6.07, 6.45) is 0. The third-order valence-electron chi connectivity index (χ3n) is 3.04. The number of hydrogen-bond donors (Lipinski definition) is 0. The standard InChI is InChI=1S/C11H32O2Si4/c1-11-17(10,13-15(5,6)7)16(8,9)12-14(2,3)4/h11H2,1-10H3. The van der Waals surface area contributed by atoms with Crippen LogP contribution >= 0.6 is 0 Å². The van der Waals surface area contributed by atoms with Crippen molar-refractivity contribution in [3.63, 3.8) is 0 Å². The average molecular weight is 309 g/mol. The van der Waals surface area contributed by atoms with Crippen molar-refractivity contribution in [3.8, 4) is 0 Å². The van der Waals surface area contributed by atoms with E-state index in [2.05, 4.69) is 65.8 Å². The maximum Gasteiger partial charge on any atom is 0.194 e. The molecule has 0 bridgehead atoms. The van der Waals surface area contributed by atoms with E-state index in [0.717, 1.165) is 0 Å². The molecule has 0 rings (SSSR count). The van der Waals surface area contributed by atoms with E-state index in [0.29, 0.717) is 0 Å². The molecule has 0 aromatic rings. The normalized spacial score (nSPS) is 18.0. The second-order valence-electron chi connectivity index (χ2n) is 7.52. The van der Waals surface area contributed by atoms with E-state index in [1.54, 1.807) is 0 Å². The lowest BCUT2D eigenvalue weighted by Gasteiger charge is -2.46. The van der Waals surface area contributed by atoms with Crippen LogP contribution in [0.5, 0.6) is 0 Å². The predicted octanol–water partition coefficient (Wildman–Crippen LogP) is 4.57. The molecular formula is C11H32O2Si4. The molecule has 0 radical (unpaired) electrons. The lowest BCUT2D eigenvalue weighted by atomic mass is 11.0. The highest BCUT2D eigenvalue weighted by Gasteiger charge is 2.50. The van der Waals surface area contributed by atoms with Crippen molar-refractivity contribution >= 4 is 32.3 Å². The predicted molar refractivity (Wildman–Crippen MR) is 88.4 cm³/mol. The molecule has 0 aliphatic carbocycles. The number of rotatable bonds is 6. The Morgan fingerprint density at radius 2 is 1.00 bits per heavy atom. The van der Waals surface area contributed by atoms with Gasteiger partial charge in [0.1, 0.15) is 0 Å². The van der Waals surface area contributed by atoms with Gasteiger partial charge < -0.3 is 8.23 Å². The van der Waals surface area contributed by atoms with E-state index < -0.39 is 32.3 Å². The van der Waals surface area contributed by atoms with Crippen molar-refractivity contribution < 1.29 is 8.23 Å². The summed E-state index contributed by atoms with van der Waals surface area (Å²) in [6.45, 7) is 23.2. The van der Waals surface area contributed by atoms with Gasteiger partial charge in [-0.1, -0.05) is 6.92 Å². The molecule has 0 aliphatic heterocycles. The Hall–Kier alpha value is 0.788. The Morgan fingerprint density at radius 1 is 0.647 bits per heavy atom. The smallest absolute Gasteiger partial charge is 0.194 e. The van der Waals surface area contributed by atoms with Crippen LogP contribution in [0.1, 0.15) is 6.92 Å². The van der Waals surface area contributed by atoms with Crippen LogP contribution in [0.15, 0.2) is 0 Å². The molecule has 1 unspecified atom stereocenters. The van der Waals surface area contributed by atoms with Crippen LogP contribution in [0.3, 0.4) is 0 Å². The fourth-order valence-corrected chi connectivity index (χ4v) is 29.2. The van der Waals surface area contributed by atoms with Crippen LogP contribution in [0.4, 0.5) is 0 Å². The van der Waals surface area contributed by atoms with Crippen LogP contribution in [-0.2, 0) is 8.23 Å². The van der Waals surface area contributed by atoms with Gasteiger partial charge in [-0.2, -0.15) is 0 Å². The summed E-state index contributed by atoms with van der Waals surface area (Å²) in [5.41, 5.74) is 0. The van der Waals surface area contributed by atoms with Gasteiger partial charge >= 0.3 is 0 Å². The van der Waals surface area contributed by atoms with Gasteiger partial charge in [0.15, 0.2) is 32.3 Å². The molecule has 0 heterocycles. The van der Waals surface area contributed by atoms with Gasteiger partial charge in [0.05, 0.1) is 0 Å². The topological polar surface area (TPSA) is 18.5 Å². The van der Waals surface area contributed by atoms with Gasteiger partial charge in [-0.25, -0.2) is 0 Å². The van der Waals surface area contributed by atoms with Crippen molar-refractivity contribution in [2.24, 2.45) is 0 Å². The summed E-state index contributed by atoms with van der Waals surface area (Å²) in [6, 6.07) is 1.18. The van der Waals surface area contributed by atoms with Crippen LogP contribution < -0.4 is 0 Å². The van der Waals surface area contributed by atoms with Gasteiger partial charge in [-0.3, -0.25) is 0 Å². The summed E-state index contributed by atoms with van der Waals surface area (Å²) in [5.74, 6) is 0. The first-order chi connectivity index (χ1) is 7.22. The molecule has 0 saturated heterocycles. The second kappa shape index (κ2) is 5.42. The van der Waals surface area contributed by atoms with E-state index in [1.807, 2.05) is 0 Å². The van der Waals surface area contributed by atoms with Gasteiger partial charge in [0.25, 0.3) is 0 Å². The molecule has 2 nitrogen and oxygen atoms in total. The van der Waals surface area contributed by atoms with Gasteiger partial charge in [-0.05, 0) is 65.0 Å². The van der Waals surface area contributed by atoms with E-state index in [-0.39, 0.29) is 0 Å². The molecule has 0 fully saturated rings. The molecule has 0 aromatic heterocycles. The summed E-state index contributed by atoms with van der Waals surface area (Å²) in [7, 11) is -6.30. The van der Waals surface area contributed by atoms with Crippen molar-refractivity contribution in [3.05, 3.63) is 0 Å². The first-order valence-corrected chi connectivity index (χ1v) is 20.0. The van der Waals surface area contributed by atoms with Crippen LogP contribution in [0.25, 0.3) is 0 Å². The Bertz CT molecular complexity index is 255. The minimum Gasteiger partial charge on any atom is -0.456 e. The minimum atomic E-state index is -1.69. The fourth-order valence-electron chi connectivity index (χ4n) is 2.17. The molecule has 6 heteroatoms. The van der Waals surface area contributed by atoms with Crippen molar-refractivity contribution in [2.75, 3.05) is 0 Å². The third kappa shape index (κ3) is 5.97. The van der Waals surface area contributed by atoms with Crippen molar-refractivity contribution in [2.45, 2.75) is 71.9 Å². The third-order valence-corrected chi connectivity index (χ3v) is 26.2. The second-order valence-corrected chi connectivity index (χ2v) is 30.6. The van der Waals surface area contributed by atoms with Crippen molar-refractivity contribution in [1.82, 2.24) is 0 Å². The Morgan fingerprint density at radius 3 is 1.24 bits per heavy atom.